The van der Waals surface area contributed by atoms with Crippen LogP contribution in [0.3, 0.4) is 0 Å². The lowest BCUT2D eigenvalue weighted by Gasteiger charge is -2.15. The molecule has 1 aromatic heterocycles. The Kier molecular flexibility index (Phi) is 9.07. The topological polar surface area (TPSA) is 101 Å². The second-order valence-corrected chi connectivity index (χ2v) is 6.83. The molecule has 0 aliphatic rings. The van der Waals surface area contributed by atoms with Gasteiger partial charge in [-0.15, -0.1) is 6.42 Å². The standard InChI is InChI=1S/C24H28N4O4/c1-3-18-6-4-7-19(14-18)28-24-20-15-22(31-12-10-29-2)23(16-21(20)26-17-27-24)32-13-11-30-9-5-8-25/h1,4,6-7,14-17H,5,8-13,25H2,2H3,(H,26,27,28). The monoisotopic (exact) mass is 436 g/mol. The van der Waals surface area contributed by atoms with Crippen molar-refractivity contribution in [1.29, 1.82) is 0 Å². The number of nitrogens with zero attached hydrogens (tertiary/aromatic N) is 2. The fourth-order valence-electron chi connectivity index (χ4n) is 2.95. The maximum atomic E-state index is 5.92. The molecule has 32 heavy (non-hydrogen) atoms. The van der Waals surface area contributed by atoms with Crippen LogP contribution < -0.4 is 20.5 Å². The second-order valence-electron chi connectivity index (χ2n) is 6.83. The maximum Gasteiger partial charge on any atom is 0.163 e. The summed E-state index contributed by atoms with van der Waals surface area (Å²) in [6, 6.07) is 11.3. The molecule has 8 heteroatoms. The number of aromatic nitrogens is 2. The number of nitrogens with two attached hydrogens (primary N) is 1. The lowest BCUT2D eigenvalue weighted by Crippen LogP contribution is -2.11. The molecular weight excluding hydrogens is 408 g/mol. The molecule has 2 aromatic carbocycles. The van der Waals surface area contributed by atoms with Gasteiger partial charge in [0.2, 0.25) is 0 Å². The number of rotatable bonds is 13. The van der Waals surface area contributed by atoms with Gasteiger partial charge in [-0.3, -0.25) is 0 Å². The maximum absolute atomic E-state index is 5.92. The molecule has 168 valence electrons. The molecule has 3 aromatic rings. The first-order valence-electron chi connectivity index (χ1n) is 10.4. The van der Waals surface area contributed by atoms with Gasteiger partial charge < -0.3 is 30.0 Å². The van der Waals surface area contributed by atoms with Crippen molar-refractivity contribution in [1.82, 2.24) is 9.97 Å². The van der Waals surface area contributed by atoms with Gasteiger partial charge in [-0.1, -0.05) is 12.0 Å². The van der Waals surface area contributed by atoms with Crippen molar-refractivity contribution in [3.63, 3.8) is 0 Å². The Labute approximate surface area is 188 Å². The molecule has 8 nitrogen and oxygen atoms in total. The molecule has 3 rings (SSSR count). The van der Waals surface area contributed by atoms with Gasteiger partial charge in [0.15, 0.2) is 11.5 Å². The molecule has 0 spiro atoms. The summed E-state index contributed by atoms with van der Waals surface area (Å²) in [6.45, 7) is 2.88. The fourth-order valence-corrected chi connectivity index (χ4v) is 2.95. The van der Waals surface area contributed by atoms with E-state index in [0.29, 0.717) is 62.4 Å². The molecule has 0 radical (unpaired) electrons. The van der Waals surface area contributed by atoms with E-state index in [4.69, 9.17) is 31.1 Å². The number of methoxy groups -OCH3 is 1. The normalized spacial score (nSPS) is 10.7. The first-order chi connectivity index (χ1) is 15.7. The second kappa shape index (κ2) is 12.5. The van der Waals surface area contributed by atoms with E-state index < -0.39 is 0 Å². The molecule has 1 heterocycles. The first-order valence-corrected chi connectivity index (χ1v) is 10.4. The third kappa shape index (κ3) is 6.56. The number of hydrogen-bond acceptors (Lipinski definition) is 8. The number of ether oxygens (including phenoxy) is 4. The third-order valence-corrected chi connectivity index (χ3v) is 4.52. The van der Waals surface area contributed by atoms with Crippen LogP contribution in [0.15, 0.2) is 42.7 Å². The summed E-state index contributed by atoms with van der Waals surface area (Å²) >= 11 is 0. The number of anilines is 2. The molecule has 0 unspecified atom stereocenters. The SMILES string of the molecule is C#Cc1cccc(Nc2ncnc3cc(OCCOCCCN)c(OCCOC)cc23)c1. The average molecular weight is 437 g/mol. The lowest BCUT2D eigenvalue weighted by atomic mass is 10.2. The van der Waals surface area contributed by atoms with Gasteiger partial charge in [0, 0.05) is 36.4 Å². The number of fused-ring (bicyclic) bond motifs is 1. The number of benzene rings is 2. The van der Waals surface area contributed by atoms with Crippen molar-refractivity contribution in [2.45, 2.75) is 6.42 Å². The van der Waals surface area contributed by atoms with E-state index in [1.807, 2.05) is 36.4 Å². The summed E-state index contributed by atoms with van der Waals surface area (Å²) in [5, 5.41) is 4.10. The van der Waals surface area contributed by atoms with Gasteiger partial charge >= 0.3 is 0 Å². The van der Waals surface area contributed by atoms with Gasteiger partial charge in [0.25, 0.3) is 0 Å². The number of terminal acetylenes is 1. The summed E-state index contributed by atoms with van der Waals surface area (Å²) in [6.07, 6.45) is 7.83. The minimum atomic E-state index is 0.381. The largest absolute Gasteiger partial charge is 0.487 e. The van der Waals surface area contributed by atoms with Crippen LogP contribution in [-0.2, 0) is 9.47 Å². The van der Waals surface area contributed by atoms with Crippen LogP contribution in [0.25, 0.3) is 10.9 Å². The lowest BCUT2D eigenvalue weighted by molar-refractivity contribution is 0.0968. The molecule has 3 N–H and O–H groups in total. The van der Waals surface area contributed by atoms with Crippen molar-refractivity contribution in [3.8, 4) is 23.8 Å². The van der Waals surface area contributed by atoms with Crippen molar-refractivity contribution in [2.24, 2.45) is 5.73 Å². The molecule has 0 saturated heterocycles. The summed E-state index contributed by atoms with van der Waals surface area (Å²) in [4.78, 5) is 8.80. The van der Waals surface area contributed by atoms with Crippen molar-refractivity contribution < 1.29 is 18.9 Å². The Morgan fingerprint density at radius 1 is 1.00 bits per heavy atom. The van der Waals surface area contributed by atoms with Crippen LogP contribution in [0.2, 0.25) is 0 Å². The zero-order valence-corrected chi connectivity index (χ0v) is 18.2. The highest BCUT2D eigenvalue weighted by Gasteiger charge is 2.13. The predicted octanol–water partition coefficient (Wildman–Crippen LogP) is 3.12. The van der Waals surface area contributed by atoms with E-state index in [1.165, 1.54) is 6.33 Å². The summed E-state index contributed by atoms with van der Waals surface area (Å²) in [5.74, 6) is 4.42. The Balaban J connectivity index is 1.84. The van der Waals surface area contributed by atoms with E-state index in [0.717, 1.165) is 23.1 Å². The van der Waals surface area contributed by atoms with Gasteiger partial charge in [-0.05, 0) is 37.2 Å². The van der Waals surface area contributed by atoms with Crippen molar-refractivity contribution in [2.75, 3.05) is 52.0 Å². The number of nitrogens with one attached hydrogen (secondary N) is 1. The van der Waals surface area contributed by atoms with Crippen LogP contribution >= 0.6 is 0 Å². The molecule has 0 aliphatic carbocycles. The summed E-state index contributed by atoms with van der Waals surface area (Å²) in [5.41, 5.74) is 7.80. The van der Waals surface area contributed by atoms with E-state index in [-0.39, 0.29) is 0 Å². The van der Waals surface area contributed by atoms with E-state index in [9.17, 15) is 0 Å². The van der Waals surface area contributed by atoms with Gasteiger partial charge in [-0.25, -0.2) is 9.97 Å². The Hall–Kier alpha value is -3.38. The van der Waals surface area contributed by atoms with Crippen molar-refractivity contribution in [3.05, 3.63) is 48.3 Å². The van der Waals surface area contributed by atoms with E-state index >= 15 is 0 Å². The van der Waals surface area contributed by atoms with Gasteiger partial charge in [-0.2, -0.15) is 0 Å². The van der Waals surface area contributed by atoms with E-state index in [1.54, 1.807) is 7.11 Å². The van der Waals surface area contributed by atoms with Crippen LogP contribution in [0.1, 0.15) is 12.0 Å². The highest BCUT2D eigenvalue weighted by atomic mass is 16.5. The number of hydrogen-bond donors (Lipinski definition) is 2. The highest BCUT2D eigenvalue weighted by molar-refractivity contribution is 5.93. The Bertz CT molecular complexity index is 1050. The highest BCUT2D eigenvalue weighted by Crippen LogP contribution is 2.35. The van der Waals surface area contributed by atoms with E-state index in [2.05, 4.69) is 21.2 Å². The summed E-state index contributed by atoms with van der Waals surface area (Å²) < 4.78 is 22.4. The summed E-state index contributed by atoms with van der Waals surface area (Å²) in [7, 11) is 1.63. The zero-order chi connectivity index (χ0) is 22.6. The first kappa shape index (κ1) is 23.3. The minimum Gasteiger partial charge on any atom is -0.487 e. The van der Waals surface area contributed by atoms with Gasteiger partial charge in [0.1, 0.15) is 25.4 Å². The molecule has 0 bridgehead atoms. The average Bonchev–Trinajstić information content (AvgIpc) is 2.82. The predicted molar refractivity (Wildman–Crippen MR) is 125 cm³/mol. The molecular formula is C24H28N4O4. The Morgan fingerprint density at radius 3 is 2.59 bits per heavy atom. The molecule has 0 saturated carbocycles. The molecule has 0 aliphatic heterocycles. The van der Waals surface area contributed by atoms with Crippen LogP contribution in [0, 0.1) is 12.3 Å². The molecule has 0 amide bonds. The third-order valence-electron chi connectivity index (χ3n) is 4.52. The molecule has 0 fully saturated rings. The van der Waals surface area contributed by atoms with Crippen LogP contribution in [-0.4, -0.2) is 56.7 Å². The van der Waals surface area contributed by atoms with Crippen molar-refractivity contribution >= 4 is 22.4 Å². The molecule has 0 atom stereocenters. The quantitative estimate of drug-likeness (QED) is 0.311. The fraction of sp³-hybridized carbons (Fsp3) is 0.333. The van der Waals surface area contributed by atoms with Crippen LogP contribution in [0.4, 0.5) is 11.5 Å². The van der Waals surface area contributed by atoms with Gasteiger partial charge in [0.05, 0.1) is 18.7 Å². The van der Waals surface area contributed by atoms with Crippen LogP contribution in [0.5, 0.6) is 11.5 Å². The Morgan fingerprint density at radius 2 is 1.81 bits per heavy atom. The minimum absolute atomic E-state index is 0.381. The zero-order valence-electron chi connectivity index (χ0n) is 18.2. The smallest absolute Gasteiger partial charge is 0.163 e.